The third-order valence-corrected chi connectivity index (χ3v) is 3.23. The molecule has 1 saturated heterocycles. The summed E-state index contributed by atoms with van der Waals surface area (Å²) in [5, 5.41) is 3.30. The zero-order chi connectivity index (χ0) is 11.4. The van der Waals surface area contributed by atoms with E-state index in [0.29, 0.717) is 6.42 Å². The van der Waals surface area contributed by atoms with Crippen molar-refractivity contribution >= 4 is 0 Å². The number of hydrogen-bond donors (Lipinski definition) is 1. The van der Waals surface area contributed by atoms with Gasteiger partial charge in [-0.3, -0.25) is 4.98 Å². The van der Waals surface area contributed by atoms with Crippen LogP contribution in [0, 0.1) is 5.82 Å². The molecule has 2 rings (SSSR count). The van der Waals surface area contributed by atoms with Crippen LogP contribution in [-0.2, 0) is 11.2 Å². The lowest BCUT2D eigenvalue weighted by molar-refractivity contribution is -0.0340. The van der Waals surface area contributed by atoms with E-state index in [2.05, 4.69) is 10.3 Å². The fourth-order valence-electron chi connectivity index (χ4n) is 2.21. The minimum Gasteiger partial charge on any atom is -0.378 e. The summed E-state index contributed by atoms with van der Waals surface area (Å²) in [5.74, 6) is -0.231. The van der Waals surface area contributed by atoms with E-state index in [-0.39, 0.29) is 11.4 Å². The number of ether oxygens (including phenoxy) is 1. The first kappa shape index (κ1) is 11.5. The summed E-state index contributed by atoms with van der Waals surface area (Å²) >= 11 is 0. The summed E-state index contributed by atoms with van der Waals surface area (Å²) in [7, 11) is 1.73. The molecule has 1 fully saturated rings. The van der Waals surface area contributed by atoms with Gasteiger partial charge >= 0.3 is 0 Å². The highest BCUT2D eigenvalue weighted by Gasteiger charge is 2.32. The molecule has 1 N–H and O–H groups in total. The maximum absolute atomic E-state index is 13.1. The largest absolute Gasteiger partial charge is 0.378 e. The molecule has 1 aliphatic rings. The predicted molar refractivity (Wildman–Crippen MR) is 59.7 cm³/mol. The second-order valence-corrected chi connectivity index (χ2v) is 4.28. The van der Waals surface area contributed by atoms with Gasteiger partial charge in [-0.05, 0) is 38.1 Å². The first-order chi connectivity index (χ1) is 7.74. The minimum absolute atomic E-state index is 0.175. The van der Waals surface area contributed by atoms with Gasteiger partial charge in [-0.25, -0.2) is 4.39 Å². The maximum Gasteiger partial charge on any atom is 0.126 e. The average Bonchev–Trinajstić information content (AvgIpc) is 2.30. The lowest BCUT2D eigenvalue weighted by atomic mass is 9.87. The molecule has 0 unspecified atom stereocenters. The Kier molecular flexibility index (Phi) is 3.51. The predicted octanol–water partition coefficient (Wildman–Crippen LogP) is 1.53. The zero-order valence-corrected chi connectivity index (χ0v) is 9.50. The van der Waals surface area contributed by atoms with E-state index >= 15 is 0 Å². The number of nitrogens with zero attached hydrogens (tertiary/aromatic N) is 1. The molecule has 0 bridgehead atoms. The molecular weight excluding hydrogens is 207 g/mol. The molecule has 16 heavy (non-hydrogen) atoms. The van der Waals surface area contributed by atoms with E-state index in [1.165, 1.54) is 18.3 Å². The summed E-state index contributed by atoms with van der Waals surface area (Å²) < 4.78 is 18.7. The highest BCUT2D eigenvalue weighted by Crippen LogP contribution is 2.26. The zero-order valence-electron chi connectivity index (χ0n) is 9.50. The van der Waals surface area contributed by atoms with E-state index in [4.69, 9.17) is 4.74 Å². The number of aromatic nitrogens is 1. The molecule has 1 aliphatic heterocycles. The van der Waals surface area contributed by atoms with Gasteiger partial charge in [0.2, 0.25) is 0 Å². The van der Waals surface area contributed by atoms with E-state index in [1.807, 2.05) is 0 Å². The van der Waals surface area contributed by atoms with E-state index in [9.17, 15) is 4.39 Å². The number of pyridine rings is 1. The van der Waals surface area contributed by atoms with Crippen molar-refractivity contribution in [1.82, 2.24) is 10.3 Å². The number of methoxy groups -OCH3 is 1. The van der Waals surface area contributed by atoms with Crippen LogP contribution in [0.2, 0.25) is 0 Å². The van der Waals surface area contributed by atoms with E-state index < -0.39 is 0 Å². The first-order valence-electron chi connectivity index (χ1n) is 5.60. The molecule has 0 saturated carbocycles. The van der Waals surface area contributed by atoms with Crippen LogP contribution in [0.3, 0.4) is 0 Å². The monoisotopic (exact) mass is 224 g/mol. The van der Waals surface area contributed by atoms with Crippen LogP contribution >= 0.6 is 0 Å². The number of halogens is 1. The van der Waals surface area contributed by atoms with Gasteiger partial charge in [0.1, 0.15) is 5.82 Å². The van der Waals surface area contributed by atoms with Crippen molar-refractivity contribution in [2.75, 3.05) is 20.2 Å². The summed E-state index contributed by atoms with van der Waals surface area (Å²) in [6.07, 6.45) is 4.08. The van der Waals surface area contributed by atoms with Crippen molar-refractivity contribution in [2.45, 2.75) is 24.9 Å². The van der Waals surface area contributed by atoms with Gasteiger partial charge in [0.25, 0.3) is 0 Å². The molecule has 2 heterocycles. The van der Waals surface area contributed by atoms with Gasteiger partial charge in [0.15, 0.2) is 0 Å². The van der Waals surface area contributed by atoms with Gasteiger partial charge < -0.3 is 10.1 Å². The van der Waals surface area contributed by atoms with E-state index in [0.717, 1.165) is 31.6 Å². The Morgan fingerprint density at radius 2 is 2.25 bits per heavy atom. The lowest BCUT2D eigenvalue weighted by Crippen LogP contribution is -2.45. The Bertz CT molecular complexity index is 351. The molecule has 0 aromatic carbocycles. The van der Waals surface area contributed by atoms with Crippen LogP contribution in [0.25, 0.3) is 0 Å². The second kappa shape index (κ2) is 4.89. The second-order valence-electron chi connectivity index (χ2n) is 4.28. The van der Waals surface area contributed by atoms with Crippen LogP contribution in [0.15, 0.2) is 18.3 Å². The molecular formula is C12H17FN2O. The van der Waals surface area contributed by atoms with Crippen molar-refractivity contribution in [1.29, 1.82) is 0 Å². The lowest BCUT2D eigenvalue weighted by Gasteiger charge is -2.36. The quantitative estimate of drug-likeness (QED) is 0.845. The van der Waals surface area contributed by atoms with Gasteiger partial charge in [0.05, 0.1) is 5.60 Å². The molecule has 0 amide bonds. The Morgan fingerprint density at radius 1 is 1.50 bits per heavy atom. The van der Waals surface area contributed by atoms with Crippen LogP contribution in [0.1, 0.15) is 18.5 Å². The van der Waals surface area contributed by atoms with Crippen molar-refractivity contribution in [3.8, 4) is 0 Å². The van der Waals surface area contributed by atoms with Crippen LogP contribution in [0.5, 0.6) is 0 Å². The Hall–Kier alpha value is -1.00. The Balaban J connectivity index is 2.11. The Labute approximate surface area is 95.0 Å². The summed E-state index contributed by atoms with van der Waals surface area (Å²) in [6.45, 7) is 1.90. The Morgan fingerprint density at radius 3 is 2.88 bits per heavy atom. The number of nitrogens with one attached hydrogen (secondary N) is 1. The van der Waals surface area contributed by atoms with Crippen molar-refractivity contribution in [2.24, 2.45) is 0 Å². The maximum atomic E-state index is 13.1. The molecule has 4 heteroatoms. The highest BCUT2D eigenvalue weighted by atomic mass is 19.1. The third kappa shape index (κ3) is 2.57. The highest BCUT2D eigenvalue weighted by molar-refractivity contribution is 5.10. The standard InChI is InChI=1S/C12H17FN2O/c1-16-12(3-6-14-7-4-12)9-11-8-10(13)2-5-15-11/h2,5,8,14H,3-4,6-7,9H2,1H3. The number of piperidine rings is 1. The SMILES string of the molecule is COC1(Cc2cc(F)ccn2)CCNCC1. The molecule has 0 aliphatic carbocycles. The molecule has 1 aromatic rings. The number of rotatable bonds is 3. The molecule has 0 radical (unpaired) electrons. The fourth-order valence-corrected chi connectivity index (χ4v) is 2.21. The van der Waals surface area contributed by atoms with Crippen molar-refractivity contribution in [3.05, 3.63) is 29.8 Å². The molecule has 88 valence electrons. The molecule has 0 spiro atoms. The topological polar surface area (TPSA) is 34.1 Å². The molecule has 1 aromatic heterocycles. The molecule has 0 atom stereocenters. The van der Waals surface area contributed by atoms with Crippen LogP contribution < -0.4 is 5.32 Å². The average molecular weight is 224 g/mol. The summed E-state index contributed by atoms with van der Waals surface area (Å²) in [5.41, 5.74) is 0.593. The van der Waals surface area contributed by atoms with Crippen LogP contribution in [-0.4, -0.2) is 30.8 Å². The summed E-state index contributed by atoms with van der Waals surface area (Å²) in [4.78, 5) is 4.19. The minimum atomic E-state index is -0.231. The van der Waals surface area contributed by atoms with Gasteiger partial charge in [-0.2, -0.15) is 0 Å². The van der Waals surface area contributed by atoms with Gasteiger partial charge in [-0.1, -0.05) is 0 Å². The van der Waals surface area contributed by atoms with Crippen molar-refractivity contribution in [3.63, 3.8) is 0 Å². The van der Waals surface area contributed by atoms with Crippen molar-refractivity contribution < 1.29 is 9.13 Å². The van der Waals surface area contributed by atoms with Gasteiger partial charge in [-0.15, -0.1) is 0 Å². The molecule has 3 nitrogen and oxygen atoms in total. The third-order valence-electron chi connectivity index (χ3n) is 3.23. The van der Waals surface area contributed by atoms with E-state index in [1.54, 1.807) is 7.11 Å². The smallest absolute Gasteiger partial charge is 0.126 e. The van der Waals surface area contributed by atoms with Crippen LogP contribution in [0.4, 0.5) is 4.39 Å². The first-order valence-corrected chi connectivity index (χ1v) is 5.60. The summed E-state index contributed by atoms with van der Waals surface area (Å²) in [6, 6.07) is 2.86. The van der Waals surface area contributed by atoms with Gasteiger partial charge in [0, 0.05) is 25.4 Å². The number of hydrogen-bond acceptors (Lipinski definition) is 3. The normalized spacial score (nSPS) is 19.6. The fraction of sp³-hybridized carbons (Fsp3) is 0.583.